The normalized spacial score (nSPS) is 10.2. The molecule has 0 spiro atoms. The number of carbonyl (C=O) groups is 2. The van der Waals surface area contributed by atoms with Gasteiger partial charge in [-0.25, -0.2) is 4.79 Å². The van der Waals surface area contributed by atoms with E-state index in [2.05, 4.69) is 10.6 Å². The Labute approximate surface area is 151 Å². The zero-order valence-electron chi connectivity index (χ0n) is 14.0. The molecule has 3 aromatic rings. The maximum atomic E-state index is 12.6. The van der Waals surface area contributed by atoms with Gasteiger partial charge < -0.3 is 15.7 Å². The Morgan fingerprint density at radius 3 is 2.15 bits per heavy atom. The van der Waals surface area contributed by atoms with E-state index in [0.717, 1.165) is 11.3 Å². The van der Waals surface area contributed by atoms with E-state index < -0.39 is 5.97 Å². The van der Waals surface area contributed by atoms with Gasteiger partial charge in [0.15, 0.2) is 0 Å². The summed E-state index contributed by atoms with van der Waals surface area (Å²) in [6.45, 7) is 0.610. The number of rotatable bonds is 6. The molecule has 0 bridgehead atoms. The fourth-order valence-electron chi connectivity index (χ4n) is 2.52. The second kappa shape index (κ2) is 7.98. The van der Waals surface area contributed by atoms with E-state index in [1.54, 1.807) is 24.3 Å². The summed E-state index contributed by atoms with van der Waals surface area (Å²) in [4.78, 5) is 23.5. The number of carboxylic acids is 1. The molecule has 0 aliphatic heterocycles. The fourth-order valence-corrected chi connectivity index (χ4v) is 2.52. The molecule has 3 N–H and O–H groups in total. The third kappa shape index (κ3) is 4.27. The van der Waals surface area contributed by atoms with Crippen molar-refractivity contribution in [3.63, 3.8) is 0 Å². The molecule has 5 heteroatoms. The van der Waals surface area contributed by atoms with Gasteiger partial charge in [0.25, 0.3) is 5.91 Å². The Hall–Kier alpha value is -3.60. The number of hydrogen-bond acceptors (Lipinski definition) is 3. The van der Waals surface area contributed by atoms with Gasteiger partial charge in [0.05, 0.1) is 11.1 Å². The molecule has 5 nitrogen and oxygen atoms in total. The summed E-state index contributed by atoms with van der Waals surface area (Å²) in [5.74, 6) is -1.26. The smallest absolute Gasteiger partial charge is 0.335 e. The number of para-hydroxylation sites is 1. The number of carbonyl (C=O) groups excluding carboxylic acids is 1. The summed E-state index contributed by atoms with van der Waals surface area (Å²) >= 11 is 0. The van der Waals surface area contributed by atoms with Gasteiger partial charge >= 0.3 is 5.97 Å². The molecule has 0 fully saturated rings. The lowest BCUT2D eigenvalue weighted by Gasteiger charge is -2.12. The van der Waals surface area contributed by atoms with Crippen LogP contribution in [0.2, 0.25) is 0 Å². The average molecular weight is 346 g/mol. The predicted octanol–water partition coefficient (Wildman–Crippen LogP) is 4.25. The van der Waals surface area contributed by atoms with Gasteiger partial charge in [-0.05, 0) is 42.0 Å². The average Bonchev–Trinajstić information content (AvgIpc) is 2.68. The molecule has 0 saturated carbocycles. The second-order valence-corrected chi connectivity index (χ2v) is 5.72. The lowest BCUT2D eigenvalue weighted by atomic mass is 10.1. The first-order valence-electron chi connectivity index (χ1n) is 8.15. The maximum absolute atomic E-state index is 12.6. The van der Waals surface area contributed by atoms with Gasteiger partial charge in [0, 0.05) is 17.9 Å². The van der Waals surface area contributed by atoms with E-state index in [4.69, 9.17) is 5.11 Å². The van der Waals surface area contributed by atoms with E-state index in [1.807, 2.05) is 42.5 Å². The van der Waals surface area contributed by atoms with Crippen molar-refractivity contribution in [1.82, 2.24) is 0 Å². The SMILES string of the molecule is O=C(O)c1ccc(NC(=O)c2ccccc2NCc2ccccc2)cc1. The van der Waals surface area contributed by atoms with E-state index >= 15 is 0 Å². The van der Waals surface area contributed by atoms with Crippen molar-refractivity contribution in [3.05, 3.63) is 95.6 Å². The number of benzene rings is 3. The van der Waals surface area contributed by atoms with Crippen molar-refractivity contribution in [2.24, 2.45) is 0 Å². The first-order valence-corrected chi connectivity index (χ1v) is 8.15. The first-order chi connectivity index (χ1) is 12.6. The summed E-state index contributed by atoms with van der Waals surface area (Å²) in [7, 11) is 0. The first kappa shape index (κ1) is 17.2. The quantitative estimate of drug-likeness (QED) is 0.623. The Morgan fingerprint density at radius 2 is 1.46 bits per heavy atom. The van der Waals surface area contributed by atoms with Gasteiger partial charge in [0.1, 0.15) is 0 Å². The zero-order chi connectivity index (χ0) is 18.4. The van der Waals surface area contributed by atoms with Crippen LogP contribution >= 0.6 is 0 Å². The predicted molar refractivity (Wildman–Crippen MR) is 102 cm³/mol. The summed E-state index contributed by atoms with van der Waals surface area (Å²) in [5, 5.41) is 15.0. The van der Waals surface area contributed by atoms with Crippen molar-refractivity contribution < 1.29 is 14.7 Å². The Bertz CT molecular complexity index is 906. The molecule has 26 heavy (non-hydrogen) atoms. The van der Waals surface area contributed by atoms with Crippen molar-refractivity contribution in [2.75, 3.05) is 10.6 Å². The monoisotopic (exact) mass is 346 g/mol. The molecule has 0 aliphatic rings. The summed E-state index contributed by atoms with van der Waals surface area (Å²) in [5.41, 5.74) is 3.08. The van der Waals surface area contributed by atoms with Gasteiger partial charge in [-0.15, -0.1) is 0 Å². The van der Waals surface area contributed by atoms with Crippen LogP contribution in [0.25, 0.3) is 0 Å². The molecule has 1 amide bonds. The summed E-state index contributed by atoms with van der Waals surface area (Å²) < 4.78 is 0. The van der Waals surface area contributed by atoms with Crippen molar-refractivity contribution in [2.45, 2.75) is 6.54 Å². The molecule has 3 aromatic carbocycles. The van der Waals surface area contributed by atoms with E-state index in [9.17, 15) is 9.59 Å². The number of nitrogens with one attached hydrogen (secondary N) is 2. The van der Waals surface area contributed by atoms with Crippen LogP contribution in [0.15, 0.2) is 78.9 Å². The van der Waals surface area contributed by atoms with Crippen molar-refractivity contribution in [3.8, 4) is 0 Å². The van der Waals surface area contributed by atoms with Gasteiger partial charge in [-0.3, -0.25) is 4.79 Å². The number of amides is 1. The molecule has 130 valence electrons. The van der Waals surface area contributed by atoms with Crippen LogP contribution in [0.4, 0.5) is 11.4 Å². The van der Waals surface area contributed by atoms with Gasteiger partial charge in [-0.1, -0.05) is 42.5 Å². The minimum Gasteiger partial charge on any atom is -0.478 e. The molecule has 3 rings (SSSR count). The van der Waals surface area contributed by atoms with Crippen LogP contribution < -0.4 is 10.6 Å². The van der Waals surface area contributed by atoms with Crippen molar-refractivity contribution >= 4 is 23.3 Å². The van der Waals surface area contributed by atoms with Crippen LogP contribution in [-0.2, 0) is 6.54 Å². The lowest BCUT2D eigenvalue weighted by Crippen LogP contribution is -2.15. The molecule has 0 heterocycles. The topological polar surface area (TPSA) is 78.4 Å². The Morgan fingerprint density at radius 1 is 0.808 bits per heavy atom. The van der Waals surface area contributed by atoms with Crippen molar-refractivity contribution in [1.29, 1.82) is 0 Å². The van der Waals surface area contributed by atoms with Crippen LogP contribution in [-0.4, -0.2) is 17.0 Å². The number of anilines is 2. The van der Waals surface area contributed by atoms with Gasteiger partial charge in [-0.2, -0.15) is 0 Å². The number of carboxylic acid groups (broad SMARTS) is 1. The lowest BCUT2D eigenvalue weighted by molar-refractivity contribution is 0.0696. The highest BCUT2D eigenvalue weighted by molar-refractivity contribution is 6.08. The molecule has 0 unspecified atom stereocenters. The van der Waals surface area contributed by atoms with E-state index in [-0.39, 0.29) is 11.5 Å². The Balaban J connectivity index is 1.72. The largest absolute Gasteiger partial charge is 0.478 e. The highest BCUT2D eigenvalue weighted by atomic mass is 16.4. The standard InChI is InChI=1S/C21H18N2O3/c24-20(23-17-12-10-16(11-13-17)21(25)26)18-8-4-5-9-19(18)22-14-15-6-2-1-3-7-15/h1-13,22H,14H2,(H,23,24)(H,25,26). The highest BCUT2D eigenvalue weighted by Gasteiger charge is 2.11. The minimum atomic E-state index is -1.00. The molecule has 0 aliphatic carbocycles. The molecule has 0 radical (unpaired) electrons. The minimum absolute atomic E-state index is 0.174. The maximum Gasteiger partial charge on any atom is 0.335 e. The molecule has 0 saturated heterocycles. The number of hydrogen-bond donors (Lipinski definition) is 3. The highest BCUT2D eigenvalue weighted by Crippen LogP contribution is 2.19. The fraction of sp³-hybridized carbons (Fsp3) is 0.0476. The Kier molecular flexibility index (Phi) is 5.29. The summed E-state index contributed by atoms with van der Waals surface area (Å²) in [6.07, 6.45) is 0. The number of aromatic carboxylic acids is 1. The van der Waals surface area contributed by atoms with Crippen LogP contribution in [0, 0.1) is 0 Å². The molecule has 0 aromatic heterocycles. The van der Waals surface area contributed by atoms with Crippen LogP contribution in [0.3, 0.4) is 0 Å². The van der Waals surface area contributed by atoms with E-state index in [0.29, 0.717) is 17.8 Å². The molecular weight excluding hydrogens is 328 g/mol. The zero-order valence-corrected chi connectivity index (χ0v) is 14.0. The van der Waals surface area contributed by atoms with E-state index in [1.165, 1.54) is 12.1 Å². The summed E-state index contributed by atoms with van der Waals surface area (Å²) in [6, 6.07) is 23.2. The van der Waals surface area contributed by atoms with Crippen LogP contribution in [0.1, 0.15) is 26.3 Å². The molecular formula is C21H18N2O3. The van der Waals surface area contributed by atoms with Crippen LogP contribution in [0.5, 0.6) is 0 Å². The molecule has 0 atom stereocenters. The third-order valence-electron chi connectivity index (χ3n) is 3.89. The second-order valence-electron chi connectivity index (χ2n) is 5.72. The third-order valence-corrected chi connectivity index (χ3v) is 3.89. The van der Waals surface area contributed by atoms with Gasteiger partial charge in [0.2, 0.25) is 0 Å².